The summed E-state index contributed by atoms with van der Waals surface area (Å²) in [5, 5.41) is 4.51. The molecule has 1 saturated carbocycles. The normalized spacial score (nSPS) is 21.1. The zero-order valence-corrected chi connectivity index (χ0v) is 15.1. The molecule has 1 aliphatic carbocycles. The van der Waals surface area contributed by atoms with Crippen LogP contribution in [0, 0.1) is 5.92 Å². The van der Waals surface area contributed by atoms with Crippen molar-refractivity contribution < 1.29 is 18.7 Å². The number of hydrogen-bond acceptors (Lipinski definition) is 6. The van der Waals surface area contributed by atoms with E-state index < -0.39 is 8.25 Å². The molecule has 0 spiro atoms. The van der Waals surface area contributed by atoms with Gasteiger partial charge in [0.1, 0.15) is 30.0 Å². The maximum Gasteiger partial charge on any atom is 0.694 e. The fraction of sp³-hybridized carbons (Fsp3) is 0.529. The molecule has 1 aromatic heterocycles. The molecule has 1 aromatic carbocycles. The summed E-state index contributed by atoms with van der Waals surface area (Å²) in [5.74, 6) is 2.14. The fourth-order valence-electron chi connectivity index (χ4n) is 3.43. The lowest BCUT2D eigenvalue weighted by atomic mass is 9.84. The molecule has 0 amide bonds. The van der Waals surface area contributed by atoms with Gasteiger partial charge >= 0.3 is 8.25 Å². The van der Waals surface area contributed by atoms with Crippen LogP contribution in [-0.4, -0.2) is 34.6 Å². The summed E-state index contributed by atoms with van der Waals surface area (Å²) in [7, 11) is -0.837. The zero-order chi connectivity index (χ0) is 17.6. The van der Waals surface area contributed by atoms with Gasteiger partial charge < -0.3 is 10.1 Å². The summed E-state index contributed by atoms with van der Waals surface area (Å²) in [5.41, 5.74) is 0.812. The number of nitrogens with one attached hydrogen (secondary N) is 1. The van der Waals surface area contributed by atoms with E-state index in [1.54, 1.807) is 13.4 Å². The fourth-order valence-corrected chi connectivity index (χ4v) is 3.69. The highest BCUT2D eigenvalue weighted by atomic mass is 31.1. The van der Waals surface area contributed by atoms with E-state index in [9.17, 15) is 4.57 Å². The molecule has 3 rings (SSSR count). The second-order valence-electron chi connectivity index (χ2n) is 6.30. The lowest BCUT2D eigenvalue weighted by Gasteiger charge is -2.29. The predicted molar refractivity (Wildman–Crippen MR) is 95.9 cm³/mol. The van der Waals surface area contributed by atoms with Crippen LogP contribution in [0.15, 0.2) is 24.5 Å². The minimum Gasteiger partial charge on any atom is -0.494 e. The first-order valence-electron chi connectivity index (χ1n) is 8.50. The Bertz CT molecular complexity index is 735. The van der Waals surface area contributed by atoms with Crippen molar-refractivity contribution in [2.24, 2.45) is 5.92 Å². The van der Waals surface area contributed by atoms with Crippen molar-refractivity contribution in [3.63, 3.8) is 0 Å². The number of hydrogen-bond donors (Lipinski definition) is 2. The van der Waals surface area contributed by atoms with Crippen LogP contribution in [0.2, 0.25) is 0 Å². The first-order valence-corrected chi connectivity index (χ1v) is 9.63. The Morgan fingerprint density at radius 3 is 2.80 bits per heavy atom. The number of fused-ring (bicyclic) bond motifs is 1. The number of methoxy groups -OCH3 is 1. The minimum absolute atomic E-state index is 0.352. The van der Waals surface area contributed by atoms with Gasteiger partial charge in [-0.15, -0.1) is 9.42 Å². The minimum atomic E-state index is -2.48. The maximum absolute atomic E-state index is 10.5. The van der Waals surface area contributed by atoms with Gasteiger partial charge in [-0.05, 0) is 50.2 Å². The Morgan fingerprint density at radius 1 is 1.28 bits per heavy atom. The van der Waals surface area contributed by atoms with Crippen LogP contribution >= 0.6 is 8.25 Å². The Balaban J connectivity index is 1.59. The Labute approximate surface area is 147 Å². The molecule has 0 bridgehead atoms. The van der Waals surface area contributed by atoms with Crippen molar-refractivity contribution in [2.75, 3.05) is 19.0 Å². The van der Waals surface area contributed by atoms with Crippen molar-refractivity contribution in [3.05, 3.63) is 24.5 Å². The zero-order valence-electron chi connectivity index (χ0n) is 14.2. The van der Waals surface area contributed by atoms with E-state index in [0.29, 0.717) is 18.6 Å². The maximum atomic E-state index is 10.5. The molecule has 8 heteroatoms. The van der Waals surface area contributed by atoms with E-state index in [4.69, 9.17) is 14.2 Å². The molecular weight excluding hydrogens is 341 g/mol. The van der Waals surface area contributed by atoms with Crippen LogP contribution in [0.5, 0.6) is 5.75 Å². The van der Waals surface area contributed by atoms with Crippen LogP contribution < -0.4 is 10.1 Å². The van der Waals surface area contributed by atoms with Crippen molar-refractivity contribution in [1.82, 2.24) is 9.97 Å². The lowest BCUT2D eigenvalue weighted by molar-refractivity contribution is 0.228. The molecule has 1 unspecified atom stereocenters. The van der Waals surface area contributed by atoms with Crippen LogP contribution in [0.4, 0.5) is 5.82 Å². The number of ether oxygens (including phenoxy) is 1. The third-order valence-corrected chi connectivity index (χ3v) is 5.17. The van der Waals surface area contributed by atoms with Gasteiger partial charge in [0, 0.05) is 16.0 Å². The summed E-state index contributed by atoms with van der Waals surface area (Å²) in [6.45, 7) is 0.352. The lowest BCUT2D eigenvalue weighted by Crippen LogP contribution is -2.27. The molecule has 1 heterocycles. The molecule has 2 aromatic rings. The predicted octanol–water partition coefficient (Wildman–Crippen LogP) is 3.67. The highest BCUT2D eigenvalue weighted by molar-refractivity contribution is 7.32. The Kier molecular flexibility index (Phi) is 6.13. The third kappa shape index (κ3) is 4.63. The van der Waals surface area contributed by atoms with Crippen molar-refractivity contribution in [2.45, 2.75) is 38.1 Å². The molecule has 0 saturated heterocycles. The smallest absolute Gasteiger partial charge is 0.494 e. The van der Waals surface area contributed by atoms with Crippen molar-refractivity contribution >= 4 is 25.0 Å². The highest BCUT2D eigenvalue weighted by Gasteiger charge is 2.23. The quantitative estimate of drug-likeness (QED) is 0.724. The van der Waals surface area contributed by atoms with Gasteiger partial charge in [0.05, 0.1) is 7.11 Å². The van der Waals surface area contributed by atoms with E-state index in [-0.39, 0.29) is 0 Å². The SMILES string of the molecule is COc1cccc2c(NC3CCC(CCO[P+](=O)O)CC3)ncnc12. The number of anilines is 1. The van der Waals surface area contributed by atoms with Gasteiger partial charge in [0.2, 0.25) is 0 Å². The summed E-state index contributed by atoms with van der Waals surface area (Å²) in [4.78, 5) is 17.4. The van der Waals surface area contributed by atoms with E-state index in [1.165, 1.54) is 0 Å². The average Bonchev–Trinajstić information content (AvgIpc) is 2.62. The van der Waals surface area contributed by atoms with E-state index in [1.807, 2.05) is 18.2 Å². The molecule has 25 heavy (non-hydrogen) atoms. The molecule has 7 nitrogen and oxygen atoms in total. The van der Waals surface area contributed by atoms with E-state index >= 15 is 0 Å². The van der Waals surface area contributed by atoms with Gasteiger partial charge in [0.15, 0.2) is 0 Å². The molecule has 1 aliphatic rings. The monoisotopic (exact) mass is 364 g/mol. The summed E-state index contributed by atoms with van der Waals surface area (Å²) < 4.78 is 20.7. The molecule has 0 aliphatic heterocycles. The van der Waals surface area contributed by atoms with E-state index in [0.717, 1.165) is 54.6 Å². The largest absolute Gasteiger partial charge is 0.694 e. The summed E-state index contributed by atoms with van der Waals surface area (Å²) in [6, 6.07) is 6.21. The number of nitrogens with zero attached hydrogens (tertiary/aromatic N) is 2. The van der Waals surface area contributed by atoms with Gasteiger partial charge in [-0.2, -0.15) is 0 Å². The van der Waals surface area contributed by atoms with Crippen LogP contribution in [-0.2, 0) is 9.09 Å². The topological polar surface area (TPSA) is 93.6 Å². The van der Waals surface area contributed by atoms with Gasteiger partial charge in [-0.25, -0.2) is 9.97 Å². The second kappa shape index (κ2) is 8.52. The molecule has 1 atom stereocenters. The first-order chi connectivity index (χ1) is 12.2. The van der Waals surface area contributed by atoms with Crippen LogP contribution in [0.1, 0.15) is 32.1 Å². The van der Waals surface area contributed by atoms with E-state index in [2.05, 4.69) is 15.3 Å². The van der Waals surface area contributed by atoms with Gasteiger partial charge in [-0.3, -0.25) is 0 Å². The molecule has 0 radical (unpaired) electrons. The molecule has 2 N–H and O–H groups in total. The van der Waals surface area contributed by atoms with Crippen molar-refractivity contribution in [1.29, 1.82) is 0 Å². The Morgan fingerprint density at radius 2 is 2.08 bits per heavy atom. The molecular formula is C17H23N3O4P+. The average molecular weight is 364 g/mol. The van der Waals surface area contributed by atoms with Gasteiger partial charge in [0.25, 0.3) is 0 Å². The Hall–Kier alpha value is -1.82. The number of rotatable bonds is 7. The van der Waals surface area contributed by atoms with Crippen LogP contribution in [0.25, 0.3) is 10.9 Å². The van der Waals surface area contributed by atoms with Gasteiger partial charge in [-0.1, -0.05) is 6.07 Å². The van der Waals surface area contributed by atoms with Crippen LogP contribution in [0.3, 0.4) is 0 Å². The summed E-state index contributed by atoms with van der Waals surface area (Å²) in [6.07, 6.45) is 6.65. The van der Waals surface area contributed by atoms with Crippen molar-refractivity contribution in [3.8, 4) is 5.75 Å². The number of para-hydroxylation sites is 1. The third-order valence-electron chi connectivity index (χ3n) is 4.76. The first kappa shape index (κ1) is 18.0. The highest BCUT2D eigenvalue weighted by Crippen LogP contribution is 2.32. The standard InChI is InChI=1S/C17H22N3O4P/c1-23-15-4-2-3-14-16(15)18-11-19-17(14)20-13-7-5-12(6-8-13)9-10-24-25(21)22/h2-4,11-13H,5-10H2,1H3,(H-,18,19,20,21,22)/p+1. The number of benzene rings is 1. The second-order valence-corrected chi connectivity index (χ2v) is 7.03. The summed E-state index contributed by atoms with van der Waals surface area (Å²) >= 11 is 0. The molecule has 134 valence electrons. The molecule has 1 fully saturated rings. The number of aromatic nitrogens is 2.